The van der Waals surface area contributed by atoms with Gasteiger partial charge in [-0.1, -0.05) is 11.2 Å². The average molecular weight is 492 g/mol. The maximum Gasteiger partial charge on any atom is 0.262 e. The van der Waals surface area contributed by atoms with Crippen LogP contribution in [0.5, 0.6) is 5.88 Å². The Morgan fingerprint density at radius 3 is 2.69 bits per heavy atom. The van der Waals surface area contributed by atoms with Crippen LogP contribution in [-0.4, -0.2) is 78.2 Å². The van der Waals surface area contributed by atoms with E-state index in [4.69, 9.17) is 14.4 Å². The summed E-state index contributed by atoms with van der Waals surface area (Å²) < 4.78 is 12.2. The molecular formula is C23H24N8O5. The van der Waals surface area contributed by atoms with Crippen LogP contribution in [0.2, 0.25) is 0 Å². The molecule has 0 unspecified atom stereocenters. The first-order valence-electron chi connectivity index (χ1n) is 11.2. The number of pyridine rings is 1. The number of ether oxygens (including phenoxy) is 1. The first-order valence-corrected chi connectivity index (χ1v) is 11.2. The van der Waals surface area contributed by atoms with Crippen LogP contribution in [0.25, 0.3) is 22.8 Å². The van der Waals surface area contributed by atoms with Crippen LogP contribution in [0.4, 0.5) is 11.6 Å². The minimum Gasteiger partial charge on any atom is -0.478 e. The van der Waals surface area contributed by atoms with Gasteiger partial charge >= 0.3 is 0 Å². The first-order chi connectivity index (χ1) is 17.4. The molecule has 4 aromatic heterocycles. The minimum atomic E-state index is -1.73. The number of hydrogen-bond acceptors (Lipinski definition) is 11. The van der Waals surface area contributed by atoms with Gasteiger partial charge in [0, 0.05) is 32.3 Å². The molecule has 1 amide bonds. The number of anilines is 2. The summed E-state index contributed by atoms with van der Waals surface area (Å²) >= 11 is 0. The molecule has 0 aromatic carbocycles. The Morgan fingerprint density at radius 1 is 1.19 bits per heavy atom. The molecule has 0 bridgehead atoms. The molecule has 1 atom stereocenters. The Bertz CT molecular complexity index is 1400. The van der Waals surface area contributed by atoms with Crippen molar-refractivity contribution < 1.29 is 24.3 Å². The number of nitrogens with one attached hydrogen (secondary N) is 1. The summed E-state index contributed by atoms with van der Waals surface area (Å²) in [6, 6.07) is 8.59. The maximum atomic E-state index is 12.4. The summed E-state index contributed by atoms with van der Waals surface area (Å²) in [5.74, 6) is 0.305. The van der Waals surface area contributed by atoms with Gasteiger partial charge in [0.15, 0.2) is 5.76 Å². The number of carbonyl (C=O) groups excluding carboxylic acids is 1. The summed E-state index contributed by atoms with van der Waals surface area (Å²) in [4.78, 5) is 27.3. The van der Waals surface area contributed by atoms with Gasteiger partial charge in [0.2, 0.25) is 11.5 Å². The number of nitrogens with zero attached hydrogens (tertiary/aromatic N) is 7. The molecule has 3 N–H and O–H groups in total. The second kappa shape index (κ2) is 9.36. The zero-order valence-corrected chi connectivity index (χ0v) is 19.6. The molecule has 0 aliphatic carbocycles. The van der Waals surface area contributed by atoms with Crippen molar-refractivity contribution in [1.82, 2.24) is 34.8 Å². The van der Waals surface area contributed by atoms with Gasteiger partial charge in [-0.05, 0) is 18.2 Å². The Morgan fingerprint density at radius 2 is 1.97 bits per heavy atom. The van der Waals surface area contributed by atoms with Gasteiger partial charge in [0.25, 0.3) is 11.8 Å². The van der Waals surface area contributed by atoms with Crippen LogP contribution in [0.15, 0.2) is 47.2 Å². The molecule has 4 aromatic rings. The van der Waals surface area contributed by atoms with E-state index in [1.165, 1.54) is 18.1 Å². The zero-order chi connectivity index (χ0) is 25.3. The predicted molar refractivity (Wildman–Crippen MR) is 126 cm³/mol. The molecule has 0 radical (unpaired) electrons. The third-order valence-electron chi connectivity index (χ3n) is 5.85. The highest BCUT2D eigenvalue weighted by molar-refractivity contribution is 5.87. The van der Waals surface area contributed by atoms with E-state index in [0.717, 1.165) is 0 Å². The van der Waals surface area contributed by atoms with Gasteiger partial charge in [-0.3, -0.25) is 9.48 Å². The molecule has 1 aliphatic rings. The van der Waals surface area contributed by atoms with E-state index in [0.29, 0.717) is 53.4 Å². The molecule has 186 valence electrons. The largest absolute Gasteiger partial charge is 0.478 e. The van der Waals surface area contributed by atoms with E-state index in [1.54, 1.807) is 48.4 Å². The zero-order valence-electron chi connectivity index (χ0n) is 19.6. The van der Waals surface area contributed by atoms with Crippen LogP contribution < -0.4 is 10.1 Å². The molecule has 1 fully saturated rings. The van der Waals surface area contributed by atoms with Crippen LogP contribution in [0, 0.1) is 0 Å². The highest BCUT2D eigenvalue weighted by Crippen LogP contribution is 2.34. The third kappa shape index (κ3) is 4.25. The molecule has 0 saturated carbocycles. The fourth-order valence-corrected chi connectivity index (χ4v) is 3.93. The van der Waals surface area contributed by atoms with Crippen LogP contribution >= 0.6 is 0 Å². The fraction of sp³-hybridized carbons (Fsp3) is 0.304. The van der Waals surface area contributed by atoms with E-state index in [9.17, 15) is 9.90 Å². The Balaban J connectivity index is 1.40. The van der Waals surface area contributed by atoms with Crippen molar-refractivity contribution in [3.63, 3.8) is 0 Å². The first kappa shape index (κ1) is 23.4. The number of rotatable bonds is 8. The molecule has 13 heteroatoms. The summed E-state index contributed by atoms with van der Waals surface area (Å²) in [5, 5.41) is 31.3. The standard InChI is InChI=1S/C23H24N8O5/c1-30-9-7-23(34,21(30)33)19-12-17(29-36-19)15-5-3-4-14(25-15)16-6-8-24-22(26-16)27-18-13-31(10-11-32)28-20(18)35-2/h3-6,8,12-13,32,34H,7,9-11H2,1-2H3,(H,24,26,27)/t23-/m1/s1. The van der Waals surface area contributed by atoms with Crippen molar-refractivity contribution in [2.24, 2.45) is 0 Å². The number of likely N-dealkylation sites (tertiary alicyclic amines) is 1. The lowest BCUT2D eigenvalue weighted by Gasteiger charge is -2.16. The van der Waals surface area contributed by atoms with Crippen molar-refractivity contribution in [2.75, 3.05) is 32.6 Å². The van der Waals surface area contributed by atoms with Gasteiger partial charge in [0.1, 0.15) is 11.4 Å². The van der Waals surface area contributed by atoms with Gasteiger partial charge in [0.05, 0.1) is 43.5 Å². The lowest BCUT2D eigenvalue weighted by molar-refractivity contribution is -0.144. The van der Waals surface area contributed by atoms with Gasteiger partial charge in [-0.2, -0.15) is 0 Å². The van der Waals surface area contributed by atoms with E-state index in [2.05, 4.69) is 30.5 Å². The highest BCUT2D eigenvalue weighted by Gasteiger charge is 2.48. The molecule has 1 saturated heterocycles. The molecular weight excluding hydrogens is 468 g/mol. The number of amides is 1. The average Bonchev–Trinajstić information content (AvgIpc) is 3.60. The Kier molecular flexibility index (Phi) is 6.08. The van der Waals surface area contributed by atoms with Crippen molar-refractivity contribution in [1.29, 1.82) is 0 Å². The molecule has 36 heavy (non-hydrogen) atoms. The lowest BCUT2D eigenvalue weighted by Crippen LogP contribution is -2.35. The fourth-order valence-electron chi connectivity index (χ4n) is 3.93. The van der Waals surface area contributed by atoms with E-state index in [-0.39, 0.29) is 18.8 Å². The summed E-state index contributed by atoms with van der Waals surface area (Å²) in [5.41, 5.74) is 0.800. The smallest absolute Gasteiger partial charge is 0.262 e. The molecule has 0 spiro atoms. The number of aromatic nitrogens is 6. The molecule has 5 rings (SSSR count). The predicted octanol–water partition coefficient (Wildman–Crippen LogP) is 1.18. The van der Waals surface area contributed by atoms with Gasteiger partial charge < -0.3 is 29.7 Å². The molecule has 13 nitrogen and oxygen atoms in total. The van der Waals surface area contributed by atoms with Crippen molar-refractivity contribution in [3.8, 4) is 28.7 Å². The van der Waals surface area contributed by atoms with Gasteiger partial charge in [-0.25, -0.2) is 15.0 Å². The number of carbonyl (C=O) groups is 1. The van der Waals surface area contributed by atoms with Gasteiger partial charge in [-0.15, -0.1) is 5.10 Å². The van der Waals surface area contributed by atoms with E-state index in [1.807, 2.05) is 0 Å². The quantitative estimate of drug-likeness (QED) is 0.323. The summed E-state index contributed by atoms with van der Waals surface area (Å²) in [6.45, 7) is 0.691. The number of hydrogen-bond donors (Lipinski definition) is 3. The van der Waals surface area contributed by atoms with E-state index >= 15 is 0 Å². The molecule has 1 aliphatic heterocycles. The summed E-state index contributed by atoms with van der Waals surface area (Å²) in [7, 11) is 3.13. The number of methoxy groups -OCH3 is 1. The maximum absolute atomic E-state index is 12.4. The number of aliphatic hydroxyl groups excluding tert-OH is 1. The topological polar surface area (TPSA) is 165 Å². The normalized spacial score (nSPS) is 17.6. The second-order valence-electron chi connectivity index (χ2n) is 8.25. The van der Waals surface area contributed by atoms with Crippen LogP contribution in [0.3, 0.4) is 0 Å². The molecule has 5 heterocycles. The minimum absolute atomic E-state index is 0.0576. The van der Waals surface area contributed by atoms with E-state index < -0.39 is 11.5 Å². The second-order valence-corrected chi connectivity index (χ2v) is 8.25. The lowest BCUT2D eigenvalue weighted by atomic mass is 9.98. The highest BCUT2D eigenvalue weighted by atomic mass is 16.5. The monoisotopic (exact) mass is 492 g/mol. The van der Waals surface area contributed by atoms with Crippen molar-refractivity contribution in [2.45, 2.75) is 18.6 Å². The van der Waals surface area contributed by atoms with Crippen molar-refractivity contribution >= 4 is 17.5 Å². The Labute approximate surface area is 205 Å². The summed E-state index contributed by atoms with van der Waals surface area (Å²) in [6.07, 6.45) is 3.51. The van der Waals surface area contributed by atoms with Crippen LogP contribution in [-0.2, 0) is 16.9 Å². The number of likely N-dealkylation sites (N-methyl/N-ethyl adjacent to an activating group) is 1. The van der Waals surface area contributed by atoms with Crippen molar-refractivity contribution in [3.05, 3.63) is 48.5 Å². The SMILES string of the molecule is COc1nn(CCO)cc1Nc1nccc(-c2cccc(-c3cc([C@]4(O)CCN(C)C4=O)on3)n2)n1. The van der Waals surface area contributed by atoms with Crippen LogP contribution in [0.1, 0.15) is 12.2 Å². The number of aliphatic hydroxyl groups is 2. The third-order valence-corrected chi connectivity index (χ3v) is 5.85. The Hall–Kier alpha value is -4.36.